The summed E-state index contributed by atoms with van der Waals surface area (Å²) in [6, 6.07) is 18.1. The number of unbranched alkanes of at least 4 members (excludes halogenated alkanes) is 3. The van der Waals surface area contributed by atoms with E-state index in [9.17, 15) is 5.11 Å². The summed E-state index contributed by atoms with van der Waals surface area (Å²) in [6.07, 6.45) is 7.97. The van der Waals surface area contributed by atoms with Gasteiger partial charge in [-0.2, -0.15) is 0 Å². The molecule has 5 rings (SSSR count). The smallest absolute Gasteiger partial charge is 0.498 e. The Balaban J connectivity index is 1.84. The Morgan fingerprint density at radius 2 is 1.33 bits per heavy atom. The molecule has 5 heteroatoms. The highest BCUT2D eigenvalue weighted by Crippen LogP contribution is 2.42. The first-order valence-corrected chi connectivity index (χ1v) is 17.3. The highest BCUT2D eigenvalue weighted by Gasteiger charge is 2.53. The van der Waals surface area contributed by atoms with Crippen molar-refractivity contribution in [2.45, 2.75) is 143 Å². The molecule has 0 radical (unpaired) electrons. The fourth-order valence-electron chi connectivity index (χ4n) is 6.64. The molecule has 0 spiro atoms. The third-order valence-corrected chi connectivity index (χ3v) is 10.6. The van der Waals surface area contributed by atoms with E-state index in [-0.39, 0.29) is 16.6 Å². The number of phenols is 1. The Bertz CT molecular complexity index is 1670. The summed E-state index contributed by atoms with van der Waals surface area (Å²) >= 11 is 0. The van der Waals surface area contributed by atoms with Crippen molar-refractivity contribution in [1.82, 2.24) is 4.57 Å². The topological polar surface area (TPSA) is 43.6 Å². The largest absolute Gasteiger partial charge is 0.506 e. The minimum absolute atomic E-state index is 0.0131. The first-order chi connectivity index (χ1) is 21.0. The van der Waals surface area contributed by atoms with Crippen molar-refractivity contribution in [2.24, 2.45) is 0 Å². The van der Waals surface area contributed by atoms with Crippen molar-refractivity contribution < 1.29 is 14.4 Å². The fraction of sp³-hybridized carbons (Fsp3) is 0.550. The normalized spacial score (nSPS) is 16.7. The van der Waals surface area contributed by atoms with Crippen molar-refractivity contribution in [1.29, 1.82) is 0 Å². The molecule has 1 aromatic heterocycles. The van der Waals surface area contributed by atoms with Crippen molar-refractivity contribution in [3.8, 4) is 11.4 Å². The van der Waals surface area contributed by atoms with E-state index in [0.717, 1.165) is 48.8 Å². The van der Waals surface area contributed by atoms with E-state index in [1.807, 2.05) is 0 Å². The molecule has 0 amide bonds. The van der Waals surface area contributed by atoms with Crippen LogP contribution in [0.15, 0.2) is 48.5 Å². The minimum atomic E-state index is -0.668. The molecule has 0 unspecified atom stereocenters. The summed E-state index contributed by atoms with van der Waals surface area (Å²) in [5.74, 6) is 0.223. The van der Waals surface area contributed by atoms with E-state index < -0.39 is 18.3 Å². The second kappa shape index (κ2) is 12.1. The Morgan fingerprint density at radius 1 is 0.733 bits per heavy atom. The third-order valence-electron chi connectivity index (χ3n) is 10.6. The summed E-state index contributed by atoms with van der Waals surface area (Å²) < 4.78 is 15.5. The van der Waals surface area contributed by atoms with Crippen LogP contribution in [0.3, 0.4) is 0 Å². The van der Waals surface area contributed by atoms with Gasteiger partial charge in [0.05, 0.1) is 27.9 Å². The molecule has 1 N–H and O–H groups in total. The maximum absolute atomic E-state index is 12.3. The van der Waals surface area contributed by atoms with Gasteiger partial charge < -0.3 is 19.0 Å². The van der Waals surface area contributed by atoms with Gasteiger partial charge in [-0.1, -0.05) is 104 Å². The third kappa shape index (κ3) is 6.32. The van der Waals surface area contributed by atoms with E-state index in [0.29, 0.717) is 5.46 Å². The number of aryl methyl sites for hydroxylation is 1. The molecule has 0 bridgehead atoms. The van der Waals surface area contributed by atoms with Gasteiger partial charge in [-0.15, -0.1) is 0 Å². The molecule has 1 saturated heterocycles. The predicted octanol–water partition coefficient (Wildman–Crippen LogP) is 10.3. The quantitative estimate of drug-likeness (QED) is 0.144. The standard InChI is InChI=1S/C40H56BNO3/c1-12-14-16-22-38(6,7)29-24-32(41-44-39(8,9)40(10,11)45-41)36(43)35(26-29)42-33-23-27(17-15-13-2)18-20-30(33)31-21-19-28(25-34(31)42)37(3,4)5/h18-21,23-26,43H,12-17,22H2,1-11H3. The van der Waals surface area contributed by atoms with Crippen molar-refractivity contribution in [2.75, 3.05) is 0 Å². The number of phenolic OH excluding ortho intramolecular Hbond substituents is 1. The van der Waals surface area contributed by atoms with Gasteiger partial charge in [0.2, 0.25) is 0 Å². The second-order valence-corrected chi connectivity index (χ2v) is 16.1. The highest BCUT2D eigenvalue weighted by atomic mass is 16.7. The maximum atomic E-state index is 12.3. The van der Waals surface area contributed by atoms with E-state index in [4.69, 9.17) is 9.31 Å². The SMILES string of the molecule is CCCCCC(C)(C)c1cc(B2OC(C)(C)C(C)(C)O2)c(O)c(-n2c3cc(CCCC)ccc3c3ccc(C(C)(C)C)cc32)c1. The van der Waals surface area contributed by atoms with Crippen molar-refractivity contribution in [3.05, 3.63) is 65.2 Å². The molecule has 0 atom stereocenters. The van der Waals surface area contributed by atoms with Crippen LogP contribution in [0.25, 0.3) is 27.5 Å². The molecule has 2 heterocycles. The average Bonchev–Trinajstić information content (AvgIpc) is 3.39. The molecule has 4 nitrogen and oxygen atoms in total. The number of hydrogen-bond acceptors (Lipinski definition) is 3. The van der Waals surface area contributed by atoms with Crippen LogP contribution in [0.4, 0.5) is 0 Å². The van der Waals surface area contributed by atoms with Crippen LogP contribution in [0.2, 0.25) is 0 Å². The molecule has 3 aromatic carbocycles. The van der Waals surface area contributed by atoms with E-state index in [2.05, 4.69) is 129 Å². The van der Waals surface area contributed by atoms with Crippen LogP contribution in [0, 0.1) is 0 Å². The van der Waals surface area contributed by atoms with E-state index in [1.165, 1.54) is 40.3 Å². The predicted molar refractivity (Wildman–Crippen MR) is 193 cm³/mol. The van der Waals surface area contributed by atoms with Crippen LogP contribution in [0.5, 0.6) is 5.75 Å². The zero-order valence-electron chi connectivity index (χ0n) is 29.9. The second-order valence-electron chi connectivity index (χ2n) is 16.1. The summed E-state index contributed by atoms with van der Waals surface area (Å²) in [6.45, 7) is 24.2. The summed E-state index contributed by atoms with van der Waals surface area (Å²) in [7, 11) is -0.668. The number of aromatic nitrogens is 1. The van der Waals surface area contributed by atoms with Crippen LogP contribution in [0.1, 0.15) is 131 Å². The number of benzene rings is 3. The Labute approximate surface area is 272 Å². The fourth-order valence-corrected chi connectivity index (χ4v) is 6.64. The maximum Gasteiger partial charge on any atom is 0.498 e. The van der Waals surface area contributed by atoms with Crippen LogP contribution in [-0.4, -0.2) is 28.0 Å². The molecule has 242 valence electrons. The lowest BCUT2D eigenvalue weighted by molar-refractivity contribution is 0.00578. The lowest BCUT2D eigenvalue weighted by Gasteiger charge is -2.32. The van der Waals surface area contributed by atoms with Crippen molar-refractivity contribution >= 4 is 34.4 Å². The van der Waals surface area contributed by atoms with Gasteiger partial charge in [0.15, 0.2) is 0 Å². The molecule has 45 heavy (non-hydrogen) atoms. The minimum Gasteiger partial charge on any atom is -0.506 e. The molecule has 4 aromatic rings. The first kappa shape index (κ1) is 33.6. The van der Waals surface area contributed by atoms with E-state index >= 15 is 0 Å². The van der Waals surface area contributed by atoms with Crippen LogP contribution in [-0.2, 0) is 26.6 Å². The summed E-state index contributed by atoms with van der Waals surface area (Å²) in [5, 5.41) is 14.7. The summed E-state index contributed by atoms with van der Waals surface area (Å²) in [4.78, 5) is 0. The Kier molecular flexibility index (Phi) is 9.05. The molecular formula is C40H56BNO3. The number of hydrogen-bond donors (Lipinski definition) is 1. The van der Waals surface area contributed by atoms with Crippen LogP contribution >= 0.6 is 0 Å². The molecular weight excluding hydrogens is 553 g/mol. The zero-order chi connectivity index (χ0) is 32.9. The lowest BCUT2D eigenvalue weighted by Crippen LogP contribution is -2.41. The van der Waals surface area contributed by atoms with Crippen LogP contribution < -0.4 is 5.46 Å². The Hall–Kier alpha value is -2.76. The number of rotatable bonds is 10. The van der Waals surface area contributed by atoms with Gasteiger partial charge in [-0.25, -0.2) is 0 Å². The first-order valence-electron chi connectivity index (χ1n) is 17.3. The molecule has 1 aliphatic heterocycles. The van der Waals surface area contributed by atoms with Gasteiger partial charge in [0, 0.05) is 16.2 Å². The lowest BCUT2D eigenvalue weighted by atomic mass is 9.72. The van der Waals surface area contributed by atoms with E-state index in [1.54, 1.807) is 0 Å². The highest BCUT2D eigenvalue weighted by molar-refractivity contribution is 6.63. The van der Waals surface area contributed by atoms with Gasteiger partial charge in [0.1, 0.15) is 5.75 Å². The molecule has 0 saturated carbocycles. The zero-order valence-corrected chi connectivity index (χ0v) is 29.9. The van der Waals surface area contributed by atoms with Gasteiger partial charge in [0.25, 0.3) is 0 Å². The van der Waals surface area contributed by atoms with Gasteiger partial charge in [-0.05, 0) is 92.7 Å². The molecule has 1 fully saturated rings. The van der Waals surface area contributed by atoms with Crippen molar-refractivity contribution in [3.63, 3.8) is 0 Å². The summed E-state index contributed by atoms with van der Waals surface area (Å²) in [5.41, 5.74) is 6.38. The number of fused-ring (bicyclic) bond motifs is 3. The molecule has 0 aliphatic carbocycles. The average molecular weight is 610 g/mol. The van der Waals surface area contributed by atoms with Gasteiger partial charge >= 0.3 is 7.12 Å². The van der Waals surface area contributed by atoms with Gasteiger partial charge in [-0.3, -0.25) is 0 Å². The Morgan fingerprint density at radius 3 is 1.93 bits per heavy atom. The monoisotopic (exact) mass is 609 g/mol. The number of aromatic hydroxyl groups is 1. The molecule has 1 aliphatic rings. The number of nitrogens with zero attached hydrogens (tertiary/aromatic N) is 1.